The van der Waals surface area contributed by atoms with Crippen LogP contribution in [-0.4, -0.2) is 50.1 Å². The van der Waals surface area contributed by atoms with Crippen LogP contribution in [0.2, 0.25) is 0 Å². The number of hydrogen-bond donors (Lipinski definition) is 0. The third-order valence-corrected chi connectivity index (χ3v) is 5.82. The number of alkyl halides is 3. The standard InChI is InChI=1S/C24H27F3N4O/c1-18-7-8-22(15-19(18)2)31(10-4-9-28)23(32)17-29-11-13-30(14-12-29)21-6-3-5-20(16-21)24(25,26)27/h3,5-8,15-16H,4,10-14,17H2,1-2H3. The van der Waals surface area contributed by atoms with E-state index in [1.165, 1.54) is 12.1 Å². The molecule has 8 heteroatoms. The molecule has 32 heavy (non-hydrogen) atoms. The van der Waals surface area contributed by atoms with Crippen molar-refractivity contribution in [2.75, 3.05) is 49.1 Å². The number of anilines is 2. The van der Waals surface area contributed by atoms with Crippen LogP contribution in [0.15, 0.2) is 42.5 Å². The second kappa shape index (κ2) is 10.0. The van der Waals surface area contributed by atoms with Crippen LogP contribution >= 0.6 is 0 Å². The molecule has 3 rings (SSSR count). The predicted molar refractivity (Wildman–Crippen MR) is 119 cm³/mol. The van der Waals surface area contributed by atoms with Gasteiger partial charge in [0.25, 0.3) is 0 Å². The van der Waals surface area contributed by atoms with Gasteiger partial charge in [-0.2, -0.15) is 18.4 Å². The number of carbonyl (C=O) groups is 1. The monoisotopic (exact) mass is 444 g/mol. The van der Waals surface area contributed by atoms with Crippen molar-refractivity contribution < 1.29 is 18.0 Å². The lowest BCUT2D eigenvalue weighted by atomic mass is 10.1. The van der Waals surface area contributed by atoms with Crippen molar-refractivity contribution in [2.24, 2.45) is 0 Å². The third-order valence-electron chi connectivity index (χ3n) is 5.82. The highest BCUT2D eigenvalue weighted by atomic mass is 19.4. The van der Waals surface area contributed by atoms with Gasteiger partial charge >= 0.3 is 6.18 Å². The molecule has 1 saturated heterocycles. The lowest BCUT2D eigenvalue weighted by Gasteiger charge is -2.36. The quantitative estimate of drug-likeness (QED) is 0.663. The Morgan fingerprint density at radius 3 is 2.41 bits per heavy atom. The van der Waals surface area contributed by atoms with Crippen LogP contribution in [0, 0.1) is 25.2 Å². The summed E-state index contributed by atoms with van der Waals surface area (Å²) in [5, 5.41) is 9.00. The van der Waals surface area contributed by atoms with E-state index in [1.54, 1.807) is 11.0 Å². The fraction of sp³-hybridized carbons (Fsp3) is 0.417. The number of rotatable bonds is 6. The van der Waals surface area contributed by atoms with Gasteiger partial charge < -0.3 is 9.80 Å². The lowest BCUT2D eigenvalue weighted by molar-refractivity contribution is -0.137. The summed E-state index contributed by atoms with van der Waals surface area (Å²) < 4.78 is 39.0. The van der Waals surface area contributed by atoms with E-state index in [9.17, 15) is 18.0 Å². The zero-order valence-electron chi connectivity index (χ0n) is 18.3. The largest absolute Gasteiger partial charge is 0.416 e. The number of nitrogens with zero attached hydrogens (tertiary/aromatic N) is 4. The summed E-state index contributed by atoms with van der Waals surface area (Å²) in [7, 11) is 0. The van der Waals surface area contributed by atoms with Gasteiger partial charge in [-0.25, -0.2) is 0 Å². The summed E-state index contributed by atoms with van der Waals surface area (Å²) in [6.45, 7) is 6.73. The molecule has 0 bridgehead atoms. The molecule has 2 aromatic rings. The van der Waals surface area contributed by atoms with E-state index < -0.39 is 11.7 Å². The molecule has 0 atom stereocenters. The Morgan fingerprint density at radius 2 is 1.78 bits per heavy atom. The SMILES string of the molecule is Cc1ccc(N(CCC#N)C(=O)CN2CCN(c3cccc(C(F)(F)F)c3)CC2)cc1C. The summed E-state index contributed by atoms with van der Waals surface area (Å²) in [4.78, 5) is 18.6. The number of hydrogen-bond acceptors (Lipinski definition) is 4. The van der Waals surface area contributed by atoms with Crippen LogP contribution in [-0.2, 0) is 11.0 Å². The molecule has 0 unspecified atom stereocenters. The Labute approximate surface area is 186 Å². The first-order valence-electron chi connectivity index (χ1n) is 10.6. The first-order valence-corrected chi connectivity index (χ1v) is 10.6. The molecule has 0 saturated carbocycles. The van der Waals surface area contributed by atoms with Crippen molar-refractivity contribution in [1.29, 1.82) is 5.26 Å². The van der Waals surface area contributed by atoms with Crippen LogP contribution in [0.3, 0.4) is 0 Å². The van der Waals surface area contributed by atoms with Gasteiger partial charge in [0, 0.05) is 44.1 Å². The molecule has 5 nitrogen and oxygen atoms in total. The third kappa shape index (κ3) is 5.80. The Bertz CT molecular complexity index is 991. The molecule has 2 aromatic carbocycles. The second-order valence-corrected chi connectivity index (χ2v) is 8.03. The second-order valence-electron chi connectivity index (χ2n) is 8.03. The molecular formula is C24H27F3N4O. The molecule has 1 heterocycles. The van der Waals surface area contributed by atoms with Crippen molar-refractivity contribution in [3.63, 3.8) is 0 Å². The summed E-state index contributed by atoms with van der Waals surface area (Å²) >= 11 is 0. The number of carbonyl (C=O) groups excluding carboxylic acids is 1. The average Bonchev–Trinajstić information content (AvgIpc) is 2.76. The molecule has 1 aliphatic heterocycles. The summed E-state index contributed by atoms with van der Waals surface area (Å²) in [6, 6.07) is 13.2. The molecule has 1 aliphatic rings. The van der Waals surface area contributed by atoms with Gasteiger partial charge in [-0.05, 0) is 55.3 Å². The molecule has 0 N–H and O–H groups in total. The van der Waals surface area contributed by atoms with Gasteiger partial charge in [0.1, 0.15) is 0 Å². The molecular weight excluding hydrogens is 417 g/mol. The Balaban J connectivity index is 1.63. The zero-order valence-corrected chi connectivity index (χ0v) is 18.3. The zero-order chi connectivity index (χ0) is 23.3. The summed E-state index contributed by atoms with van der Waals surface area (Å²) in [5.74, 6) is -0.0870. The van der Waals surface area contributed by atoms with Gasteiger partial charge in [0.05, 0.1) is 24.6 Å². The van der Waals surface area contributed by atoms with Gasteiger partial charge in [-0.3, -0.25) is 9.69 Å². The van der Waals surface area contributed by atoms with Crippen LogP contribution < -0.4 is 9.80 Å². The van der Waals surface area contributed by atoms with Crippen LogP contribution in [0.25, 0.3) is 0 Å². The smallest absolute Gasteiger partial charge is 0.369 e. The van der Waals surface area contributed by atoms with Gasteiger partial charge in [0.15, 0.2) is 0 Å². The summed E-state index contributed by atoms with van der Waals surface area (Å²) in [5.41, 5.74) is 2.86. The number of piperazine rings is 1. The molecule has 1 fully saturated rings. The lowest BCUT2D eigenvalue weighted by Crippen LogP contribution is -2.50. The molecule has 0 spiro atoms. The highest BCUT2D eigenvalue weighted by molar-refractivity contribution is 5.95. The number of amides is 1. The Kier molecular flexibility index (Phi) is 7.41. The maximum atomic E-state index is 13.1. The maximum absolute atomic E-state index is 13.1. The first-order chi connectivity index (χ1) is 15.2. The van der Waals surface area contributed by atoms with E-state index >= 15 is 0 Å². The van der Waals surface area contributed by atoms with E-state index in [1.807, 2.05) is 41.8 Å². The first kappa shape index (κ1) is 23.6. The van der Waals surface area contributed by atoms with Gasteiger partial charge in [0.2, 0.25) is 5.91 Å². The van der Waals surface area contributed by atoms with Crippen molar-refractivity contribution in [2.45, 2.75) is 26.4 Å². The van der Waals surface area contributed by atoms with E-state index in [0.29, 0.717) is 38.4 Å². The predicted octanol–water partition coefficient (Wildman–Crippen LogP) is 4.39. The fourth-order valence-corrected chi connectivity index (χ4v) is 3.77. The van der Waals surface area contributed by atoms with Gasteiger partial charge in [-0.15, -0.1) is 0 Å². The molecule has 170 valence electrons. The minimum Gasteiger partial charge on any atom is -0.369 e. The average molecular weight is 445 g/mol. The topological polar surface area (TPSA) is 50.6 Å². The molecule has 0 aliphatic carbocycles. The normalized spacial score (nSPS) is 14.8. The Morgan fingerprint density at radius 1 is 1.06 bits per heavy atom. The van der Waals surface area contributed by atoms with Gasteiger partial charge in [-0.1, -0.05) is 12.1 Å². The van der Waals surface area contributed by atoms with Crippen LogP contribution in [0.1, 0.15) is 23.1 Å². The summed E-state index contributed by atoms with van der Waals surface area (Å²) in [6.07, 6.45) is -4.13. The van der Waals surface area contributed by atoms with E-state index in [0.717, 1.165) is 22.9 Å². The fourth-order valence-electron chi connectivity index (χ4n) is 3.77. The molecule has 0 radical (unpaired) electrons. The van der Waals surface area contributed by atoms with Crippen LogP contribution in [0.4, 0.5) is 24.5 Å². The number of aryl methyl sites for hydroxylation is 2. The highest BCUT2D eigenvalue weighted by Gasteiger charge is 2.31. The van der Waals surface area contributed by atoms with E-state index in [-0.39, 0.29) is 18.9 Å². The van der Waals surface area contributed by atoms with Crippen molar-refractivity contribution >= 4 is 17.3 Å². The molecule has 1 amide bonds. The van der Waals surface area contributed by atoms with E-state index in [4.69, 9.17) is 5.26 Å². The minimum absolute atomic E-state index is 0.0870. The maximum Gasteiger partial charge on any atom is 0.416 e. The van der Waals surface area contributed by atoms with Crippen molar-refractivity contribution in [3.8, 4) is 6.07 Å². The minimum atomic E-state index is -4.37. The van der Waals surface area contributed by atoms with Crippen molar-refractivity contribution in [3.05, 3.63) is 59.2 Å². The number of halogens is 3. The number of nitriles is 1. The highest BCUT2D eigenvalue weighted by Crippen LogP contribution is 2.32. The van der Waals surface area contributed by atoms with Crippen LogP contribution in [0.5, 0.6) is 0 Å². The Hall–Kier alpha value is -3.05. The van der Waals surface area contributed by atoms with E-state index in [2.05, 4.69) is 6.07 Å². The number of benzene rings is 2. The molecule has 0 aromatic heterocycles. The van der Waals surface area contributed by atoms with Crippen molar-refractivity contribution in [1.82, 2.24) is 4.90 Å².